The number of rotatable bonds is 5. The van der Waals surface area contributed by atoms with Crippen molar-refractivity contribution in [2.24, 2.45) is 0 Å². The van der Waals surface area contributed by atoms with Crippen LogP contribution in [0.2, 0.25) is 0 Å². The minimum absolute atomic E-state index is 0.0618. The van der Waals surface area contributed by atoms with Crippen LogP contribution in [-0.4, -0.2) is 50.5 Å². The lowest BCUT2D eigenvalue weighted by atomic mass is 9.91. The van der Waals surface area contributed by atoms with Gasteiger partial charge in [0.1, 0.15) is 5.82 Å². The largest absolute Gasteiger partial charge is 0.388 e. The van der Waals surface area contributed by atoms with Crippen molar-refractivity contribution in [1.29, 1.82) is 0 Å². The number of anilines is 1. The van der Waals surface area contributed by atoms with Gasteiger partial charge < -0.3 is 15.3 Å². The summed E-state index contributed by atoms with van der Waals surface area (Å²) in [5.74, 6) is 0.882. The predicted octanol–water partition coefficient (Wildman–Crippen LogP) is 2.24. The number of aromatic nitrogens is 2. The maximum atomic E-state index is 12.3. The van der Waals surface area contributed by atoms with Crippen LogP contribution in [0.15, 0.2) is 17.5 Å². The van der Waals surface area contributed by atoms with Crippen LogP contribution >= 0.6 is 22.9 Å². The van der Waals surface area contributed by atoms with Crippen molar-refractivity contribution in [3.8, 4) is 0 Å². The number of aliphatic hydroxyl groups is 1. The molecule has 1 saturated heterocycles. The van der Waals surface area contributed by atoms with E-state index in [1.807, 2.05) is 29.3 Å². The molecule has 0 spiro atoms. The van der Waals surface area contributed by atoms with Crippen LogP contribution in [0, 0.1) is 0 Å². The second kappa shape index (κ2) is 6.94. The number of nitrogens with zero attached hydrogens (tertiary/aromatic N) is 3. The molecule has 6 nitrogen and oxygen atoms in total. The van der Waals surface area contributed by atoms with Gasteiger partial charge in [-0.25, -0.2) is 4.98 Å². The van der Waals surface area contributed by atoms with E-state index in [0.717, 1.165) is 22.3 Å². The summed E-state index contributed by atoms with van der Waals surface area (Å²) in [7, 11) is 0. The van der Waals surface area contributed by atoms with Crippen LogP contribution in [0.4, 0.5) is 5.13 Å². The Morgan fingerprint density at radius 1 is 1.48 bits per heavy atom. The molecule has 0 radical (unpaired) electrons. The normalized spacial score (nSPS) is 17.2. The van der Waals surface area contributed by atoms with Gasteiger partial charge >= 0.3 is 0 Å². The van der Waals surface area contributed by atoms with Crippen molar-refractivity contribution in [2.45, 2.75) is 31.8 Å². The molecule has 3 heterocycles. The fourth-order valence-corrected chi connectivity index (χ4v) is 3.90. The van der Waals surface area contributed by atoms with E-state index in [1.165, 1.54) is 22.9 Å². The summed E-state index contributed by atoms with van der Waals surface area (Å²) in [6.07, 6.45) is 1.94. The number of hydrogen-bond donors (Lipinski definition) is 2. The molecular formula is C15H20N4O2S2. The SMILES string of the molecule is CCc1nsc(NCC2(O)CCN(C(=O)c3cccs3)CC2)n1. The number of piperidine rings is 1. The van der Waals surface area contributed by atoms with Gasteiger partial charge in [0, 0.05) is 37.6 Å². The molecule has 1 amide bonds. The highest BCUT2D eigenvalue weighted by atomic mass is 32.1. The molecule has 8 heteroatoms. The highest BCUT2D eigenvalue weighted by Gasteiger charge is 2.34. The second-order valence-electron chi connectivity index (χ2n) is 5.72. The van der Waals surface area contributed by atoms with Gasteiger partial charge in [-0.05, 0) is 24.3 Å². The average Bonchev–Trinajstić information content (AvgIpc) is 3.25. The summed E-state index contributed by atoms with van der Waals surface area (Å²) >= 11 is 2.78. The maximum absolute atomic E-state index is 12.3. The van der Waals surface area contributed by atoms with Gasteiger partial charge in [-0.15, -0.1) is 11.3 Å². The van der Waals surface area contributed by atoms with Crippen molar-refractivity contribution in [1.82, 2.24) is 14.3 Å². The van der Waals surface area contributed by atoms with E-state index in [0.29, 0.717) is 32.5 Å². The van der Waals surface area contributed by atoms with E-state index in [4.69, 9.17) is 0 Å². The van der Waals surface area contributed by atoms with Gasteiger partial charge in [0.15, 0.2) is 0 Å². The van der Waals surface area contributed by atoms with Crippen molar-refractivity contribution in [3.05, 3.63) is 28.2 Å². The Kier molecular flexibility index (Phi) is 4.93. The van der Waals surface area contributed by atoms with Crippen LogP contribution in [0.1, 0.15) is 35.3 Å². The number of thiophene rings is 1. The van der Waals surface area contributed by atoms with Gasteiger partial charge in [0.2, 0.25) is 5.13 Å². The Balaban J connectivity index is 1.51. The molecule has 1 aliphatic heterocycles. The van der Waals surface area contributed by atoms with Gasteiger partial charge in [-0.1, -0.05) is 13.0 Å². The Hall–Kier alpha value is -1.51. The fraction of sp³-hybridized carbons (Fsp3) is 0.533. The summed E-state index contributed by atoms with van der Waals surface area (Å²) in [5, 5.41) is 16.5. The number of amides is 1. The first-order valence-electron chi connectivity index (χ1n) is 7.71. The predicted molar refractivity (Wildman–Crippen MR) is 92.2 cm³/mol. The monoisotopic (exact) mass is 352 g/mol. The molecule has 0 saturated carbocycles. The number of hydrogen-bond acceptors (Lipinski definition) is 7. The van der Waals surface area contributed by atoms with Crippen molar-refractivity contribution in [2.75, 3.05) is 25.0 Å². The Morgan fingerprint density at radius 3 is 2.87 bits per heavy atom. The van der Waals surface area contributed by atoms with Crippen LogP contribution in [0.5, 0.6) is 0 Å². The molecule has 3 rings (SSSR count). The molecule has 0 atom stereocenters. The Bertz CT molecular complexity index is 648. The first-order valence-corrected chi connectivity index (χ1v) is 9.36. The zero-order valence-corrected chi connectivity index (χ0v) is 14.6. The lowest BCUT2D eigenvalue weighted by molar-refractivity contribution is -0.00629. The van der Waals surface area contributed by atoms with E-state index >= 15 is 0 Å². The van der Waals surface area contributed by atoms with Gasteiger partial charge in [0.05, 0.1) is 10.5 Å². The lowest BCUT2D eigenvalue weighted by Crippen LogP contribution is -2.49. The third kappa shape index (κ3) is 3.88. The summed E-state index contributed by atoms with van der Waals surface area (Å²) < 4.78 is 4.22. The fourth-order valence-electron chi connectivity index (χ4n) is 2.57. The number of likely N-dealkylation sites (tertiary alicyclic amines) is 1. The molecule has 1 fully saturated rings. The quantitative estimate of drug-likeness (QED) is 0.863. The molecule has 0 unspecified atom stereocenters. The third-order valence-electron chi connectivity index (χ3n) is 4.07. The van der Waals surface area contributed by atoms with E-state index in [9.17, 15) is 9.90 Å². The van der Waals surface area contributed by atoms with Crippen LogP contribution in [0.3, 0.4) is 0 Å². The number of carbonyl (C=O) groups is 1. The zero-order chi connectivity index (χ0) is 16.3. The van der Waals surface area contributed by atoms with Crippen molar-refractivity contribution in [3.63, 3.8) is 0 Å². The lowest BCUT2D eigenvalue weighted by Gasteiger charge is -2.38. The highest BCUT2D eigenvalue weighted by Crippen LogP contribution is 2.25. The van der Waals surface area contributed by atoms with E-state index in [2.05, 4.69) is 14.7 Å². The zero-order valence-electron chi connectivity index (χ0n) is 13.0. The van der Waals surface area contributed by atoms with Gasteiger partial charge in [-0.3, -0.25) is 4.79 Å². The molecule has 0 aliphatic carbocycles. The summed E-state index contributed by atoms with van der Waals surface area (Å²) in [5.41, 5.74) is -0.801. The first-order chi connectivity index (χ1) is 11.1. The van der Waals surface area contributed by atoms with E-state index in [-0.39, 0.29) is 5.91 Å². The summed E-state index contributed by atoms with van der Waals surface area (Å²) in [6, 6.07) is 3.73. The van der Waals surface area contributed by atoms with Crippen LogP contribution in [-0.2, 0) is 6.42 Å². The first kappa shape index (κ1) is 16.4. The molecular weight excluding hydrogens is 332 g/mol. The molecule has 0 aromatic carbocycles. The minimum Gasteiger partial charge on any atom is -0.388 e. The Labute approximate surface area is 143 Å². The average molecular weight is 352 g/mol. The molecule has 0 bridgehead atoms. The van der Waals surface area contributed by atoms with Crippen LogP contribution in [0.25, 0.3) is 0 Å². The molecule has 23 heavy (non-hydrogen) atoms. The molecule has 2 aromatic heterocycles. The molecule has 2 N–H and O–H groups in total. The minimum atomic E-state index is -0.801. The summed E-state index contributed by atoms with van der Waals surface area (Å²) in [6.45, 7) is 3.60. The third-order valence-corrected chi connectivity index (χ3v) is 5.63. The smallest absolute Gasteiger partial charge is 0.263 e. The molecule has 124 valence electrons. The second-order valence-corrected chi connectivity index (χ2v) is 7.42. The molecule has 2 aromatic rings. The highest BCUT2D eigenvalue weighted by molar-refractivity contribution is 7.12. The standard InChI is InChI=1S/C15H20N4O2S2/c1-2-12-17-14(23-18-12)16-10-15(21)5-7-19(8-6-15)13(20)11-4-3-9-22-11/h3-4,9,21H,2,5-8,10H2,1H3,(H,16,17,18). The summed E-state index contributed by atoms with van der Waals surface area (Å²) in [4.78, 5) is 19.2. The van der Waals surface area contributed by atoms with Crippen LogP contribution < -0.4 is 5.32 Å². The van der Waals surface area contributed by atoms with E-state index < -0.39 is 5.60 Å². The maximum Gasteiger partial charge on any atom is 0.263 e. The van der Waals surface area contributed by atoms with Crippen molar-refractivity contribution >= 4 is 33.9 Å². The van der Waals surface area contributed by atoms with E-state index in [1.54, 1.807) is 0 Å². The number of carbonyl (C=O) groups excluding carboxylic acids is 1. The Morgan fingerprint density at radius 2 is 2.26 bits per heavy atom. The topological polar surface area (TPSA) is 78.4 Å². The van der Waals surface area contributed by atoms with Crippen molar-refractivity contribution < 1.29 is 9.90 Å². The number of aryl methyl sites for hydroxylation is 1. The van der Waals surface area contributed by atoms with Gasteiger partial charge in [-0.2, -0.15) is 4.37 Å². The van der Waals surface area contributed by atoms with Gasteiger partial charge in [0.25, 0.3) is 5.91 Å². The molecule has 1 aliphatic rings. The number of nitrogens with one attached hydrogen (secondary N) is 1.